The third-order valence-electron chi connectivity index (χ3n) is 1.79. The molecule has 1 heterocycles. The molecule has 0 saturated carbocycles. The van der Waals surface area contributed by atoms with E-state index in [0.717, 1.165) is 0 Å². The first-order valence-corrected chi connectivity index (χ1v) is 3.68. The van der Waals surface area contributed by atoms with Gasteiger partial charge in [-0.1, -0.05) is 0 Å². The highest BCUT2D eigenvalue weighted by molar-refractivity contribution is 5.93. The van der Waals surface area contributed by atoms with Crippen LogP contribution >= 0.6 is 0 Å². The Labute approximate surface area is 75.5 Å². The molecule has 0 amide bonds. The summed E-state index contributed by atoms with van der Waals surface area (Å²) in [4.78, 5) is 25.4. The van der Waals surface area contributed by atoms with Crippen LogP contribution in [0, 0.1) is 6.92 Å². The van der Waals surface area contributed by atoms with Crippen molar-refractivity contribution < 1.29 is 14.3 Å². The molecule has 4 heteroatoms. The lowest BCUT2D eigenvalue weighted by molar-refractivity contribution is 0.0599. The molecule has 0 atom stereocenters. The Balaban J connectivity index is 3.23. The first-order chi connectivity index (χ1) is 6.20. The van der Waals surface area contributed by atoms with Gasteiger partial charge in [-0.15, -0.1) is 0 Å². The van der Waals surface area contributed by atoms with Crippen molar-refractivity contribution in [2.45, 2.75) is 6.92 Å². The van der Waals surface area contributed by atoms with Crippen molar-refractivity contribution in [2.75, 3.05) is 7.11 Å². The van der Waals surface area contributed by atoms with E-state index >= 15 is 0 Å². The second kappa shape index (κ2) is 3.80. The lowest BCUT2D eigenvalue weighted by Crippen LogP contribution is -2.06. The van der Waals surface area contributed by atoms with E-state index in [-0.39, 0.29) is 0 Å². The summed E-state index contributed by atoms with van der Waals surface area (Å²) in [7, 11) is 1.29. The maximum absolute atomic E-state index is 11.1. The molecule has 0 radical (unpaired) electrons. The molecule has 0 aliphatic rings. The minimum Gasteiger partial charge on any atom is -0.465 e. The molecule has 1 rings (SSSR count). The summed E-state index contributed by atoms with van der Waals surface area (Å²) in [6, 6.07) is 0. The van der Waals surface area contributed by atoms with Crippen LogP contribution in [0.5, 0.6) is 0 Å². The normalized spacial score (nSPS) is 9.38. The van der Waals surface area contributed by atoms with Gasteiger partial charge in [0.05, 0.1) is 12.7 Å². The molecule has 13 heavy (non-hydrogen) atoms. The smallest absolute Gasteiger partial charge is 0.339 e. The molecule has 0 unspecified atom stereocenters. The van der Waals surface area contributed by atoms with Crippen LogP contribution in [0.2, 0.25) is 0 Å². The van der Waals surface area contributed by atoms with Crippen molar-refractivity contribution in [1.29, 1.82) is 0 Å². The largest absolute Gasteiger partial charge is 0.465 e. The Bertz CT molecular complexity index is 347. The highest BCUT2D eigenvalue weighted by Crippen LogP contribution is 2.10. The van der Waals surface area contributed by atoms with Gasteiger partial charge in [0.1, 0.15) is 0 Å². The first kappa shape index (κ1) is 9.38. The number of nitrogens with zero attached hydrogens (tertiary/aromatic N) is 1. The Morgan fingerprint density at radius 2 is 2.23 bits per heavy atom. The zero-order chi connectivity index (χ0) is 9.84. The van der Waals surface area contributed by atoms with Gasteiger partial charge in [0.25, 0.3) is 0 Å². The fourth-order valence-corrected chi connectivity index (χ4v) is 0.976. The topological polar surface area (TPSA) is 56.3 Å². The van der Waals surface area contributed by atoms with Crippen molar-refractivity contribution in [3.63, 3.8) is 0 Å². The van der Waals surface area contributed by atoms with Crippen LogP contribution in [-0.4, -0.2) is 24.3 Å². The molecule has 0 bridgehead atoms. The average molecular weight is 179 g/mol. The number of ether oxygens (including phenoxy) is 1. The van der Waals surface area contributed by atoms with Crippen molar-refractivity contribution in [1.82, 2.24) is 4.98 Å². The number of aromatic nitrogens is 1. The van der Waals surface area contributed by atoms with E-state index in [9.17, 15) is 9.59 Å². The molecule has 0 aliphatic heterocycles. The second-order valence-electron chi connectivity index (χ2n) is 2.51. The van der Waals surface area contributed by atoms with Crippen LogP contribution in [0.1, 0.15) is 26.3 Å². The van der Waals surface area contributed by atoms with Gasteiger partial charge in [-0.2, -0.15) is 0 Å². The van der Waals surface area contributed by atoms with Crippen LogP contribution < -0.4 is 0 Å². The summed E-state index contributed by atoms with van der Waals surface area (Å²) in [6.07, 6.45) is 3.46. The summed E-state index contributed by atoms with van der Waals surface area (Å²) in [5.41, 5.74) is 1.33. The van der Waals surface area contributed by atoms with E-state index in [2.05, 4.69) is 9.72 Å². The highest BCUT2D eigenvalue weighted by atomic mass is 16.5. The van der Waals surface area contributed by atoms with Crippen molar-refractivity contribution in [3.05, 3.63) is 29.1 Å². The molecular weight excluding hydrogens is 170 g/mol. The van der Waals surface area contributed by atoms with Crippen LogP contribution in [0.25, 0.3) is 0 Å². The lowest BCUT2D eigenvalue weighted by Gasteiger charge is -2.03. The van der Waals surface area contributed by atoms with Gasteiger partial charge in [0.15, 0.2) is 6.29 Å². The number of pyridine rings is 1. The summed E-state index contributed by atoms with van der Waals surface area (Å²) in [6.45, 7) is 1.68. The Morgan fingerprint density at radius 1 is 1.54 bits per heavy atom. The Kier molecular flexibility index (Phi) is 2.74. The van der Waals surface area contributed by atoms with Gasteiger partial charge in [-0.3, -0.25) is 9.78 Å². The summed E-state index contributed by atoms with van der Waals surface area (Å²) in [5, 5.41) is 0. The van der Waals surface area contributed by atoms with E-state index in [1.807, 2.05) is 0 Å². The molecule has 0 fully saturated rings. The third-order valence-corrected chi connectivity index (χ3v) is 1.79. The molecule has 0 aliphatic carbocycles. The number of aldehydes is 1. The van der Waals surface area contributed by atoms with E-state index in [4.69, 9.17) is 0 Å². The summed E-state index contributed by atoms with van der Waals surface area (Å²) in [5.74, 6) is -0.478. The van der Waals surface area contributed by atoms with Gasteiger partial charge in [0.2, 0.25) is 0 Å². The molecule has 0 spiro atoms. The molecule has 0 N–H and O–H groups in total. The second-order valence-corrected chi connectivity index (χ2v) is 2.51. The van der Waals surface area contributed by atoms with Crippen LogP contribution in [0.3, 0.4) is 0 Å². The standard InChI is InChI=1S/C9H9NO3/c1-6-7(5-11)3-10-4-8(6)9(12)13-2/h3-5H,1-2H3. The maximum atomic E-state index is 11.1. The monoisotopic (exact) mass is 179 g/mol. The molecule has 1 aromatic rings. The predicted octanol–water partition coefficient (Wildman–Crippen LogP) is 0.989. The molecule has 1 aromatic heterocycles. The molecule has 4 nitrogen and oxygen atoms in total. The Morgan fingerprint density at radius 3 is 2.77 bits per heavy atom. The zero-order valence-electron chi connectivity index (χ0n) is 7.40. The van der Waals surface area contributed by atoms with Gasteiger partial charge >= 0.3 is 5.97 Å². The van der Waals surface area contributed by atoms with E-state index in [1.54, 1.807) is 6.92 Å². The van der Waals surface area contributed by atoms with Gasteiger partial charge in [0, 0.05) is 18.0 Å². The molecule has 0 aromatic carbocycles. The van der Waals surface area contributed by atoms with Gasteiger partial charge in [-0.25, -0.2) is 4.79 Å². The number of carbonyl (C=O) groups is 2. The van der Waals surface area contributed by atoms with Crippen LogP contribution in [-0.2, 0) is 4.74 Å². The zero-order valence-corrected chi connectivity index (χ0v) is 7.40. The maximum Gasteiger partial charge on any atom is 0.339 e. The molecular formula is C9H9NO3. The molecule has 68 valence electrons. The minimum absolute atomic E-state index is 0.326. The number of rotatable bonds is 2. The average Bonchev–Trinajstić information content (AvgIpc) is 2.17. The summed E-state index contributed by atoms with van der Waals surface area (Å²) >= 11 is 0. The number of carbonyl (C=O) groups excluding carboxylic acids is 2. The van der Waals surface area contributed by atoms with Crippen molar-refractivity contribution in [2.24, 2.45) is 0 Å². The van der Waals surface area contributed by atoms with E-state index < -0.39 is 5.97 Å². The van der Waals surface area contributed by atoms with E-state index in [1.165, 1.54) is 19.5 Å². The van der Waals surface area contributed by atoms with Crippen LogP contribution in [0.15, 0.2) is 12.4 Å². The highest BCUT2D eigenvalue weighted by Gasteiger charge is 2.11. The third kappa shape index (κ3) is 1.72. The number of esters is 1. The van der Waals surface area contributed by atoms with Gasteiger partial charge in [-0.05, 0) is 12.5 Å². The minimum atomic E-state index is -0.478. The Hall–Kier alpha value is -1.71. The van der Waals surface area contributed by atoms with Gasteiger partial charge < -0.3 is 4.74 Å². The van der Waals surface area contributed by atoms with Crippen LogP contribution in [0.4, 0.5) is 0 Å². The lowest BCUT2D eigenvalue weighted by atomic mass is 10.1. The number of hydrogen-bond donors (Lipinski definition) is 0. The predicted molar refractivity (Wildman–Crippen MR) is 45.7 cm³/mol. The van der Waals surface area contributed by atoms with E-state index in [0.29, 0.717) is 23.0 Å². The first-order valence-electron chi connectivity index (χ1n) is 3.68. The van der Waals surface area contributed by atoms with Crippen molar-refractivity contribution >= 4 is 12.3 Å². The number of methoxy groups -OCH3 is 1. The quantitative estimate of drug-likeness (QED) is 0.501. The summed E-state index contributed by atoms with van der Waals surface area (Å²) < 4.78 is 4.52. The fraction of sp³-hybridized carbons (Fsp3) is 0.222. The van der Waals surface area contributed by atoms with Crippen molar-refractivity contribution in [3.8, 4) is 0 Å². The fourth-order valence-electron chi connectivity index (χ4n) is 0.976. The molecule has 0 saturated heterocycles. The number of hydrogen-bond acceptors (Lipinski definition) is 4. The SMILES string of the molecule is COC(=O)c1cncc(C=O)c1C.